The number of nitrogens with zero attached hydrogens (tertiary/aromatic N) is 2. The van der Waals surface area contributed by atoms with E-state index >= 15 is 0 Å². The van der Waals surface area contributed by atoms with Crippen molar-refractivity contribution in [3.63, 3.8) is 0 Å². The molecule has 1 aromatic carbocycles. The smallest absolute Gasteiger partial charge is 0.353 e. The maximum absolute atomic E-state index is 12.7. The molecule has 1 N–H and O–H groups in total. The number of amides is 2. The number of piperidine rings is 2. The first-order valence-corrected chi connectivity index (χ1v) is 11.3. The third kappa shape index (κ3) is 6.45. The Balaban J connectivity index is 1.43. The lowest BCUT2D eigenvalue weighted by Gasteiger charge is -2.35. The minimum atomic E-state index is -4.42. The van der Waals surface area contributed by atoms with Crippen LogP contribution in [0.25, 0.3) is 0 Å². The molecule has 0 radical (unpaired) electrons. The molecule has 2 heterocycles. The van der Waals surface area contributed by atoms with Gasteiger partial charge in [-0.15, -0.1) is 0 Å². The van der Waals surface area contributed by atoms with E-state index in [0.717, 1.165) is 44.6 Å². The number of nitrogens with one attached hydrogen (secondary N) is 1. The maximum atomic E-state index is 12.7. The van der Waals surface area contributed by atoms with Crippen molar-refractivity contribution in [2.45, 2.75) is 57.7 Å². The first-order valence-electron chi connectivity index (χ1n) is 11.3. The first kappa shape index (κ1) is 23.6. The van der Waals surface area contributed by atoms with Crippen LogP contribution in [-0.4, -0.2) is 60.4 Å². The van der Waals surface area contributed by atoms with Gasteiger partial charge in [0.2, 0.25) is 5.91 Å². The van der Waals surface area contributed by atoms with Crippen LogP contribution in [-0.2, 0) is 11.0 Å². The Bertz CT molecular complexity index is 735. The van der Waals surface area contributed by atoms with Crippen molar-refractivity contribution in [1.29, 1.82) is 0 Å². The Morgan fingerprint density at radius 1 is 1.00 bits per heavy atom. The topological polar surface area (TPSA) is 52.7 Å². The minimum Gasteiger partial charge on any atom is -0.353 e. The Morgan fingerprint density at radius 3 is 2.16 bits per heavy atom. The molecule has 0 aliphatic carbocycles. The number of benzene rings is 1. The van der Waals surface area contributed by atoms with Gasteiger partial charge in [-0.3, -0.25) is 9.59 Å². The number of halogens is 3. The summed E-state index contributed by atoms with van der Waals surface area (Å²) in [6.45, 7) is 6.23. The fourth-order valence-electron chi connectivity index (χ4n) is 4.33. The van der Waals surface area contributed by atoms with Crippen LogP contribution in [0, 0.1) is 5.92 Å². The first-order chi connectivity index (χ1) is 14.8. The second kappa shape index (κ2) is 10.5. The molecule has 5 nitrogen and oxygen atoms in total. The Labute approximate surface area is 182 Å². The average molecular weight is 440 g/mol. The number of hydrogen-bond donors (Lipinski definition) is 1. The summed E-state index contributed by atoms with van der Waals surface area (Å²) in [5, 5.41) is 3.19. The number of rotatable bonds is 6. The normalized spacial score (nSPS) is 19.4. The van der Waals surface area contributed by atoms with Crippen molar-refractivity contribution in [3.8, 4) is 0 Å². The second-order valence-electron chi connectivity index (χ2n) is 8.62. The highest BCUT2D eigenvalue weighted by Gasteiger charge is 2.32. The number of unbranched alkanes of at least 4 members (excludes halogenated alkanes) is 1. The van der Waals surface area contributed by atoms with E-state index in [0.29, 0.717) is 25.9 Å². The molecule has 2 fully saturated rings. The number of likely N-dealkylation sites (tertiary alicyclic amines) is 2. The van der Waals surface area contributed by atoms with Crippen molar-refractivity contribution < 1.29 is 22.8 Å². The van der Waals surface area contributed by atoms with Gasteiger partial charge in [-0.2, -0.15) is 13.2 Å². The van der Waals surface area contributed by atoms with Crippen molar-refractivity contribution in [3.05, 3.63) is 35.4 Å². The van der Waals surface area contributed by atoms with Gasteiger partial charge in [-0.1, -0.05) is 13.3 Å². The molecule has 0 bridgehead atoms. The molecule has 2 aliphatic rings. The number of carbonyl (C=O) groups excluding carboxylic acids is 2. The second-order valence-corrected chi connectivity index (χ2v) is 8.62. The predicted molar refractivity (Wildman–Crippen MR) is 113 cm³/mol. The monoisotopic (exact) mass is 439 g/mol. The van der Waals surface area contributed by atoms with Gasteiger partial charge in [0, 0.05) is 43.7 Å². The summed E-state index contributed by atoms with van der Waals surface area (Å²) < 4.78 is 38.1. The van der Waals surface area contributed by atoms with E-state index in [1.54, 1.807) is 4.90 Å². The lowest BCUT2D eigenvalue weighted by atomic mass is 9.94. The average Bonchev–Trinajstić information content (AvgIpc) is 2.77. The van der Waals surface area contributed by atoms with E-state index in [1.165, 1.54) is 25.0 Å². The van der Waals surface area contributed by atoms with Crippen molar-refractivity contribution in [2.75, 3.05) is 32.7 Å². The van der Waals surface area contributed by atoms with Gasteiger partial charge in [0.15, 0.2) is 0 Å². The van der Waals surface area contributed by atoms with Gasteiger partial charge < -0.3 is 15.1 Å². The van der Waals surface area contributed by atoms with Gasteiger partial charge in [0.1, 0.15) is 0 Å². The van der Waals surface area contributed by atoms with Crippen LogP contribution in [0.4, 0.5) is 13.2 Å². The fourth-order valence-corrected chi connectivity index (χ4v) is 4.33. The summed E-state index contributed by atoms with van der Waals surface area (Å²) in [4.78, 5) is 29.3. The summed E-state index contributed by atoms with van der Waals surface area (Å²) >= 11 is 0. The highest BCUT2D eigenvalue weighted by molar-refractivity contribution is 5.94. The van der Waals surface area contributed by atoms with Crippen LogP contribution < -0.4 is 5.32 Å². The largest absolute Gasteiger partial charge is 0.416 e. The van der Waals surface area contributed by atoms with Gasteiger partial charge in [0.05, 0.1) is 5.56 Å². The summed E-state index contributed by atoms with van der Waals surface area (Å²) in [7, 11) is 0. The van der Waals surface area contributed by atoms with Crippen LogP contribution in [0.2, 0.25) is 0 Å². The molecular formula is C23H32F3N3O2. The highest BCUT2D eigenvalue weighted by Crippen LogP contribution is 2.29. The molecule has 0 saturated carbocycles. The molecule has 0 spiro atoms. The Hall–Kier alpha value is -2.09. The van der Waals surface area contributed by atoms with Crippen LogP contribution in [0.1, 0.15) is 61.4 Å². The van der Waals surface area contributed by atoms with E-state index in [4.69, 9.17) is 0 Å². The van der Waals surface area contributed by atoms with E-state index in [2.05, 4.69) is 17.1 Å². The number of hydrogen-bond acceptors (Lipinski definition) is 3. The molecule has 2 amide bonds. The summed E-state index contributed by atoms with van der Waals surface area (Å²) in [6.07, 6.45) is 1.08. The Morgan fingerprint density at radius 2 is 1.61 bits per heavy atom. The third-order valence-electron chi connectivity index (χ3n) is 6.37. The molecular weight excluding hydrogens is 407 g/mol. The molecule has 2 saturated heterocycles. The standard InChI is InChI=1S/C23H32F3N3O2/c1-2-3-12-28-13-10-20(11-14-28)27-21(30)17-8-15-29(16-9-17)22(31)18-4-6-19(7-5-18)23(24,25)26/h4-7,17,20H,2-3,8-16H2,1H3,(H,27,30). The quantitative estimate of drug-likeness (QED) is 0.731. The van der Waals surface area contributed by atoms with Crippen LogP contribution in [0.3, 0.4) is 0 Å². The Kier molecular flexibility index (Phi) is 7.97. The van der Waals surface area contributed by atoms with E-state index in [1.807, 2.05) is 0 Å². The SMILES string of the molecule is CCCCN1CCC(NC(=O)C2CCN(C(=O)c3ccc(C(F)(F)F)cc3)CC2)CC1. The number of alkyl halides is 3. The van der Waals surface area contributed by atoms with Crippen LogP contribution >= 0.6 is 0 Å². The molecule has 0 unspecified atom stereocenters. The summed E-state index contributed by atoms with van der Waals surface area (Å²) in [6, 6.07) is 4.52. The molecule has 8 heteroatoms. The zero-order valence-corrected chi connectivity index (χ0v) is 18.1. The lowest BCUT2D eigenvalue weighted by molar-refractivity contribution is -0.137. The van der Waals surface area contributed by atoms with Crippen molar-refractivity contribution in [1.82, 2.24) is 15.1 Å². The van der Waals surface area contributed by atoms with E-state index < -0.39 is 11.7 Å². The molecule has 3 rings (SSSR count). The van der Waals surface area contributed by atoms with Crippen molar-refractivity contribution >= 4 is 11.8 Å². The predicted octanol–water partition coefficient (Wildman–Crippen LogP) is 3.94. The van der Waals surface area contributed by atoms with Crippen LogP contribution in [0.15, 0.2) is 24.3 Å². The van der Waals surface area contributed by atoms with Gasteiger partial charge in [0.25, 0.3) is 5.91 Å². The zero-order valence-electron chi connectivity index (χ0n) is 18.1. The molecule has 1 aromatic rings. The van der Waals surface area contributed by atoms with E-state index in [-0.39, 0.29) is 29.3 Å². The maximum Gasteiger partial charge on any atom is 0.416 e. The van der Waals surface area contributed by atoms with Crippen LogP contribution in [0.5, 0.6) is 0 Å². The number of carbonyl (C=O) groups is 2. The highest BCUT2D eigenvalue weighted by atomic mass is 19.4. The molecule has 172 valence electrons. The molecule has 2 aliphatic heterocycles. The molecule has 0 aromatic heterocycles. The lowest BCUT2D eigenvalue weighted by Crippen LogP contribution is -2.48. The summed E-state index contributed by atoms with van der Waals surface area (Å²) in [5.74, 6) is -0.338. The van der Waals surface area contributed by atoms with E-state index in [9.17, 15) is 22.8 Å². The van der Waals surface area contributed by atoms with Gasteiger partial charge >= 0.3 is 6.18 Å². The van der Waals surface area contributed by atoms with Gasteiger partial charge in [-0.05, 0) is 62.9 Å². The third-order valence-corrected chi connectivity index (χ3v) is 6.37. The van der Waals surface area contributed by atoms with Crippen molar-refractivity contribution in [2.24, 2.45) is 5.92 Å². The fraction of sp³-hybridized carbons (Fsp3) is 0.652. The molecule has 31 heavy (non-hydrogen) atoms. The molecule has 0 atom stereocenters. The summed E-state index contributed by atoms with van der Waals surface area (Å²) in [5.41, 5.74) is -0.527. The zero-order chi connectivity index (χ0) is 22.4. The minimum absolute atomic E-state index is 0.0636. The van der Waals surface area contributed by atoms with Gasteiger partial charge in [-0.25, -0.2) is 0 Å².